The van der Waals surface area contributed by atoms with Gasteiger partial charge < -0.3 is 15.9 Å². The highest BCUT2D eigenvalue weighted by Gasteiger charge is 2.29. The molecular formula is C18H25N5O3S2. The Morgan fingerprint density at radius 1 is 1.43 bits per heavy atom. The van der Waals surface area contributed by atoms with Crippen molar-refractivity contribution < 1.29 is 14.3 Å². The summed E-state index contributed by atoms with van der Waals surface area (Å²) in [5.41, 5.74) is 1.53. The molecule has 10 heteroatoms. The Morgan fingerprint density at radius 3 is 2.82 bits per heavy atom. The summed E-state index contributed by atoms with van der Waals surface area (Å²) in [6, 6.07) is 0. The molecule has 1 aliphatic carbocycles. The molecule has 0 aliphatic heterocycles. The van der Waals surface area contributed by atoms with Crippen LogP contribution < -0.4 is 11.2 Å². The van der Waals surface area contributed by atoms with Crippen LogP contribution in [0, 0.1) is 12.8 Å². The lowest BCUT2D eigenvalue weighted by Crippen LogP contribution is -2.20. The van der Waals surface area contributed by atoms with E-state index < -0.39 is 0 Å². The number of carbonyl (C=O) groups is 2. The molecule has 8 nitrogen and oxygen atoms in total. The zero-order chi connectivity index (χ0) is 20.4. The van der Waals surface area contributed by atoms with E-state index in [4.69, 9.17) is 10.6 Å². The normalized spacial score (nSPS) is 16.1. The zero-order valence-corrected chi connectivity index (χ0v) is 18.1. The third-order valence-electron chi connectivity index (χ3n) is 4.48. The van der Waals surface area contributed by atoms with Gasteiger partial charge in [-0.2, -0.15) is 0 Å². The zero-order valence-electron chi connectivity index (χ0n) is 16.4. The highest BCUT2D eigenvalue weighted by atomic mass is 32.2. The first-order chi connectivity index (χ1) is 13.3. The molecular weight excluding hydrogens is 398 g/mol. The number of amides is 1. The van der Waals surface area contributed by atoms with Gasteiger partial charge in [0.15, 0.2) is 0 Å². The molecule has 152 valence electrons. The monoisotopic (exact) mass is 423 g/mol. The minimum atomic E-state index is -0.373. The van der Waals surface area contributed by atoms with Gasteiger partial charge in [0.05, 0.1) is 17.4 Å². The molecule has 1 atom stereocenters. The number of nitrogens with one attached hydrogen (secondary N) is 1. The molecule has 0 aromatic carbocycles. The fraction of sp³-hybridized carbons (Fsp3) is 0.556. The van der Waals surface area contributed by atoms with Crippen LogP contribution in [0.3, 0.4) is 0 Å². The van der Waals surface area contributed by atoms with Gasteiger partial charge in [0.1, 0.15) is 10.8 Å². The Bertz CT molecular complexity index is 890. The summed E-state index contributed by atoms with van der Waals surface area (Å²) < 4.78 is 6.77. The summed E-state index contributed by atoms with van der Waals surface area (Å²) in [6.45, 7) is 7.58. The number of hydrogen-bond acceptors (Lipinski definition) is 8. The molecule has 0 bridgehead atoms. The van der Waals surface area contributed by atoms with Crippen molar-refractivity contribution in [3.63, 3.8) is 0 Å². The fourth-order valence-corrected chi connectivity index (χ4v) is 5.19. The van der Waals surface area contributed by atoms with Crippen LogP contribution >= 0.6 is 23.1 Å². The van der Waals surface area contributed by atoms with Crippen LogP contribution in [0.4, 0.5) is 5.00 Å². The van der Waals surface area contributed by atoms with E-state index in [0.29, 0.717) is 27.5 Å². The van der Waals surface area contributed by atoms with Crippen molar-refractivity contribution >= 4 is 40.0 Å². The first-order valence-electron chi connectivity index (χ1n) is 9.21. The maximum Gasteiger partial charge on any atom is 0.341 e. The van der Waals surface area contributed by atoms with Crippen molar-refractivity contribution in [2.75, 3.05) is 16.9 Å². The van der Waals surface area contributed by atoms with Gasteiger partial charge in [-0.3, -0.25) is 4.79 Å². The molecule has 3 N–H and O–H groups in total. The quantitative estimate of drug-likeness (QED) is 0.417. The maximum atomic E-state index is 12.7. The first kappa shape index (κ1) is 20.7. The molecule has 0 fully saturated rings. The van der Waals surface area contributed by atoms with Gasteiger partial charge in [0.2, 0.25) is 11.1 Å². The fourth-order valence-electron chi connectivity index (χ4n) is 3.07. The molecule has 2 aromatic rings. The highest BCUT2D eigenvalue weighted by molar-refractivity contribution is 7.99. The SMILES string of the molecule is Cc1nnc(SCC(=O)Nc2sc3c(c2C(=O)OC(C)C)CC[C@H](C)C3)n1N. The number of esters is 1. The number of ether oxygens (including phenoxy) is 1. The van der Waals surface area contributed by atoms with Crippen molar-refractivity contribution in [3.8, 4) is 0 Å². The Morgan fingerprint density at radius 2 is 2.18 bits per heavy atom. The van der Waals surface area contributed by atoms with Crippen molar-refractivity contribution in [1.29, 1.82) is 0 Å². The summed E-state index contributed by atoms with van der Waals surface area (Å²) >= 11 is 2.67. The highest BCUT2D eigenvalue weighted by Crippen LogP contribution is 2.40. The standard InChI is InChI=1S/C18H25N5O3S2/c1-9(2)26-17(25)15-12-6-5-10(3)7-13(12)28-16(15)20-14(24)8-27-18-22-21-11(4)23(18)19/h9-10H,5-8,19H2,1-4H3,(H,20,24)/t10-/m0/s1. The topological polar surface area (TPSA) is 112 Å². The number of thiophene rings is 1. The van der Waals surface area contributed by atoms with Crippen LogP contribution in [0.2, 0.25) is 0 Å². The second kappa shape index (κ2) is 8.52. The molecule has 1 amide bonds. The van der Waals surface area contributed by atoms with E-state index in [-0.39, 0.29) is 23.7 Å². The summed E-state index contributed by atoms with van der Waals surface area (Å²) in [5.74, 6) is 6.47. The number of anilines is 1. The lowest BCUT2D eigenvalue weighted by Gasteiger charge is -2.18. The van der Waals surface area contributed by atoms with Crippen molar-refractivity contribution in [3.05, 3.63) is 21.8 Å². The van der Waals surface area contributed by atoms with Crippen molar-refractivity contribution in [2.24, 2.45) is 5.92 Å². The largest absolute Gasteiger partial charge is 0.459 e. The molecule has 1 aliphatic rings. The second-order valence-corrected chi connectivity index (χ2v) is 9.29. The van der Waals surface area contributed by atoms with Crippen LogP contribution in [0.15, 0.2) is 5.16 Å². The number of nitrogen functional groups attached to an aromatic ring is 1. The minimum absolute atomic E-state index is 0.118. The molecule has 0 radical (unpaired) electrons. The van der Waals surface area contributed by atoms with E-state index in [1.54, 1.807) is 6.92 Å². The third-order valence-corrected chi connectivity index (χ3v) is 6.59. The van der Waals surface area contributed by atoms with E-state index in [0.717, 1.165) is 29.7 Å². The number of hydrogen-bond donors (Lipinski definition) is 2. The predicted molar refractivity (Wildman–Crippen MR) is 110 cm³/mol. The average Bonchev–Trinajstić information content (AvgIpc) is 3.12. The lowest BCUT2D eigenvalue weighted by molar-refractivity contribution is -0.113. The minimum Gasteiger partial charge on any atom is -0.459 e. The summed E-state index contributed by atoms with van der Waals surface area (Å²) in [5, 5.41) is 11.7. The summed E-state index contributed by atoms with van der Waals surface area (Å²) in [4.78, 5) is 26.4. The Hall–Kier alpha value is -2.07. The maximum absolute atomic E-state index is 12.7. The van der Waals surface area contributed by atoms with Crippen LogP contribution in [0.25, 0.3) is 0 Å². The number of carbonyl (C=O) groups excluding carboxylic acids is 2. The van der Waals surface area contributed by atoms with Crippen molar-refractivity contribution in [2.45, 2.75) is 58.2 Å². The summed E-state index contributed by atoms with van der Waals surface area (Å²) in [6.07, 6.45) is 2.56. The van der Waals surface area contributed by atoms with Gasteiger partial charge in [-0.05, 0) is 51.5 Å². The van der Waals surface area contributed by atoms with Crippen molar-refractivity contribution in [1.82, 2.24) is 14.9 Å². The van der Waals surface area contributed by atoms with Gasteiger partial charge in [0, 0.05) is 4.88 Å². The molecule has 0 spiro atoms. The molecule has 3 rings (SSSR count). The van der Waals surface area contributed by atoms with Gasteiger partial charge in [-0.1, -0.05) is 18.7 Å². The van der Waals surface area contributed by atoms with E-state index in [2.05, 4.69) is 22.4 Å². The number of thioether (sulfide) groups is 1. The smallest absolute Gasteiger partial charge is 0.341 e. The average molecular weight is 424 g/mol. The molecule has 0 saturated carbocycles. The Kier molecular flexibility index (Phi) is 6.29. The van der Waals surface area contributed by atoms with Crippen LogP contribution in [0.5, 0.6) is 0 Å². The van der Waals surface area contributed by atoms with E-state index in [1.165, 1.54) is 27.8 Å². The van der Waals surface area contributed by atoms with E-state index >= 15 is 0 Å². The molecule has 2 aromatic heterocycles. The molecule has 28 heavy (non-hydrogen) atoms. The Labute approximate surface area is 172 Å². The van der Waals surface area contributed by atoms with E-state index in [1.807, 2.05) is 13.8 Å². The number of nitrogens with two attached hydrogens (primary N) is 1. The van der Waals surface area contributed by atoms with Gasteiger partial charge in [-0.25, -0.2) is 9.47 Å². The third kappa shape index (κ3) is 4.49. The number of aromatic nitrogens is 3. The Balaban J connectivity index is 1.77. The predicted octanol–water partition coefficient (Wildman–Crippen LogP) is 2.78. The van der Waals surface area contributed by atoms with Gasteiger partial charge >= 0.3 is 5.97 Å². The molecule has 0 unspecified atom stereocenters. The number of fused-ring (bicyclic) bond motifs is 1. The van der Waals surface area contributed by atoms with Gasteiger partial charge in [0.25, 0.3) is 0 Å². The number of nitrogens with zero attached hydrogens (tertiary/aromatic N) is 3. The molecule has 0 saturated heterocycles. The molecule has 2 heterocycles. The second-order valence-electron chi connectivity index (χ2n) is 7.25. The lowest BCUT2D eigenvalue weighted by atomic mass is 9.88. The van der Waals surface area contributed by atoms with Crippen LogP contribution in [-0.2, 0) is 22.4 Å². The van der Waals surface area contributed by atoms with Gasteiger partial charge in [-0.15, -0.1) is 21.5 Å². The summed E-state index contributed by atoms with van der Waals surface area (Å²) in [7, 11) is 0. The van der Waals surface area contributed by atoms with Crippen LogP contribution in [-0.4, -0.2) is 38.6 Å². The number of aryl methyl sites for hydroxylation is 1. The first-order valence-corrected chi connectivity index (χ1v) is 11.0. The number of rotatable bonds is 6. The van der Waals surface area contributed by atoms with Crippen LogP contribution in [0.1, 0.15) is 53.8 Å². The van der Waals surface area contributed by atoms with E-state index in [9.17, 15) is 9.59 Å².